The first-order valence-electron chi connectivity index (χ1n) is 4.15. The van der Waals surface area contributed by atoms with Gasteiger partial charge in [-0.15, -0.1) is 0 Å². The molecule has 0 aromatic carbocycles. The van der Waals surface area contributed by atoms with Crippen LogP contribution in [0, 0.1) is 0 Å². The Balaban J connectivity index is 3.71. The van der Waals surface area contributed by atoms with Crippen molar-refractivity contribution in [3.63, 3.8) is 0 Å². The zero-order chi connectivity index (χ0) is 11.2. The molecule has 0 bridgehead atoms. The van der Waals surface area contributed by atoms with Gasteiger partial charge in [-0.3, -0.25) is 9.59 Å². The minimum Gasteiger partial charge on any atom is -0.393 e. The molecule has 0 spiro atoms. The number of halogens is 3. The molecule has 0 unspecified atom stereocenters. The molecule has 0 saturated carbocycles. The van der Waals surface area contributed by atoms with Crippen molar-refractivity contribution in [3.8, 4) is 0 Å². The van der Waals surface area contributed by atoms with Gasteiger partial charge in [0.25, 0.3) is 0 Å². The molecule has 0 N–H and O–H groups in total. The van der Waals surface area contributed by atoms with Gasteiger partial charge in [0.15, 0.2) is 0 Å². The first-order valence-corrected chi connectivity index (χ1v) is 4.15. The monoisotopic (exact) mass is 212 g/mol. The number of rotatable bonds is 4. The Kier molecular flexibility index (Phi) is 5.19. The van der Waals surface area contributed by atoms with E-state index in [9.17, 15) is 22.8 Å². The third-order valence-electron chi connectivity index (χ3n) is 1.29. The second-order valence-electron chi connectivity index (χ2n) is 2.71. The summed E-state index contributed by atoms with van der Waals surface area (Å²) in [5.41, 5.74) is 0. The van der Waals surface area contributed by atoms with Gasteiger partial charge >= 0.3 is 18.1 Å². The molecular formula is C8H11F3O3. The quantitative estimate of drug-likeness (QED) is 0.530. The topological polar surface area (TPSA) is 43.4 Å². The molecule has 0 aromatic rings. The van der Waals surface area contributed by atoms with Crippen molar-refractivity contribution in [2.45, 2.75) is 38.8 Å². The molecule has 0 saturated heterocycles. The lowest BCUT2D eigenvalue weighted by molar-refractivity contribution is -0.166. The Morgan fingerprint density at radius 1 is 1.14 bits per heavy atom. The lowest BCUT2D eigenvalue weighted by Gasteiger charge is -2.05. The number of hydrogen-bond acceptors (Lipinski definition) is 3. The first-order chi connectivity index (χ1) is 6.35. The maximum absolute atomic E-state index is 11.6. The molecule has 0 aromatic heterocycles. The third-order valence-corrected chi connectivity index (χ3v) is 1.29. The Morgan fingerprint density at radius 3 is 2.07 bits per heavy atom. The number of ether oxygens (including phenoxy) is 1. The van der Waals surface area contributed by atoms with Crippen LogP contribution in [0.1, 0.15) is 32.6 Å². The predicted octanol–water partition coefficient (Wildman–Crippen LogP) is 2.20. The van der Waals surface area contributed by atoms with E-state index in [2.05, 4.69) is 4.74 Å². The summed E-state index contributed by atoms with van der Waals surface area (Å²) in [5, 5.41) is 0. The van der Waals surface area contributed by atoms with Crippen LogP contribution < -0.4 is 0 Å². The molecule has 0 fully saturated rings. The molecule has 0 rings (SSSR count). The van der Waals surface area contributed by atoms with Crippen LogP contribution in [0.2, 0.25) is 0 Å². The molecule has 0 heterocycles. The van der Waals surface area contributed by atoms with Crippen LogP contribution in [0.4, 0.5) is 13.2 Å². The average molecular weight is 212 g/mol. The second-order valence-corrected chi connectivity index (χ2v) is 2.71. The molecule has 0 atom stereocenters. The van der Waals surface area contributed by atoms with E-state index in [0.717, 1.165) is 0 Å². The summed E-state index contributed by atoms with van der Waals surface area (Å²) in [6, 6.07) is 0. The van der Waals surface area contributed by atoms with Gasteiger partial charge in [-0.05, 0) is 6.42 Å². The van der Waals surface area contributed by atoms with E-state index >= 15 is 0 Å². The standard InChI is InChI=1S/C8H11F3O3/c1-2-3-6(12)14-7(13)4-5-8(9,10)11/h2-5H2,1H3. The largest absolute Gasteiger partial charge is 0.393 e. The Morgan fingerprint density at radius 2 is 1.64 bits per heavy atom. The second kappa shape index (κ2) is 5.62. The van der Waals surface area contributed by atoms with Crippen molar-refractivity contribution in [1.82, 2.24) is 0 Å². The normalized spacial score (nSPS) is 11.1. The van der Waals surface area contributed by atoms with Crippen molar-refractivity contribution >= 4 is 11.9 Å². The number of alkyl halides is 3. The van der Waals surface area contributed by atoms with Crippen molar-refractivity contribution in [3.05, 3.63) is 0 Å². The third kappa shape index (κ3) is 7.57. The van der Waals surface area contributed by atoms with Crippen molar-refractivity contribution < 1.29 is 27.5 Å². The number of esters is 2. The lowest BCUT2D eigenvalue weighted by Crippen LogP contribution is -2.15. The van der Waals surface area contributed by atoms with Gasteiger partial charge in [0.2, 0.25) is 0 Å². The molecular weight excluding hydrogens is 201 g/mol. The summed E-state index contributed by atoms with van der Waals surface area (Å²) in [4.78, 5) is 21.3. The Labute approximate surface area is 79.2 Å². The van der Waals surface area contributed by atoms with Gasteiger partial charge in [0, 0.05) is 6.42 Å². The smallest absolute Gasteiger partial charge is 0.389 e. The van der Waals surface area contributed by atoms with E-state index in [0.29, 0.717) is 6.42 Å². The Hall–Kier alpha value is -1.07. The molecule has 82 valence electrons. The number of carbonyl (C=O) groups excluding carboxylic acids is 2. The maximum Gasteiger partial charge on any atom is 0.389 e. The van der Waals surface area contributed by atoms with Gasteiger partial charge in [-0.2, -0.15) is 13.2 Å². The summed E-state index contributed by atoms with van der Waals surface area (Å²) in [5.74, 6) is -1.90. The van der Waals surface area contributed by atoms with Crippen LogP contribution in [0.15, 0.2) is 0 Å². The molecule has 0 aliphatic rings. The van der Waals surface area contributed by atoms with Crippen LogP contribution in [-0.2, 0) is 14.3 Å². The summed E-state index contributed by atoms with van der Waals surface area (Å²) in [6.07, 6.45) is -5.93. The molecule has 0 amide bonds. The highest BCUT2D eigenvalue weighted by Gasteiger charge is 2.28. The molecule has 6 heteroatoms. The van der Waals surface area contributed by atoms with Crippen LogP contribution in [-0.4, -0.2) is 18.1 Å². The van der Waals surface area contributed by atoms with Gasteiger partial charge in [-0.1, -0.05) is 6.92 Å². The van der Waals surface area contributed by atoms with Crippen LogP contribution in [0.3, 0.4) is 0 Å². The fraction of sp³-hybridized carbons (Fsp3) is 0.750. The van der Waals surface area contributed by atoms with E-state index in [1.807, 2.05) is 0 Å². The molecule has 14 heavy (non-hydrogen) atoms. The zero-order valence-electron chi connectivity index (χ0n) is 7.69. The first kappa shape index (κ1) is 12.9. The highest BCUT2D eigenvalue weighted by molar-refractivity contribution is 5.85. The van der Waals surface area contributed by atoms with Crippen molar-refractivity contribution in [2.24, 2.45) is 0 Å². The number of hydrogen-bond donors (Lipinski definition) is 0. The van der Waals surface area contributed by atoms with Crippen LogP contribution in [0.25, 0.3) is 0 Å². The van der Waals surface area contributed by atoms with E-state index in [4.69, 9.17) is 0 Å². The molecule has 0 radical (unpaired) electrons. The van der Waals surface area contributed by atoms with Crippen molar-refractivity contribution in [1.29, 1.82) is 0 Å². The maximum atomic E-state index is 11.6. The zero-order valence-corrected chi connectivity index (χ0v) is 7.69. The average Bonchev–Trinajstić information content (AvgIpc) is 2.00. The van der Waals surface area contributed by atoms with E-state index in [1.54, 1.807) is 6.92 Å². The lowest BCUT2D eigenvalue weighted by atomic mass is 10.3. The minimum atomic E-state index is -4.40. The minimum absolute atomic E-state index is 0.0394. The summed E-state index contributed by atoms with van der Waals surface area (Å²) < 4.78 is 38.9. The summed E-state index contributed by atoms with van der Waals surface area (Å²) in [7, 11) is 0. The van der Waals surface area contributed by atoms with E-state index in [-0.39, 0.29) is 6.42 Å². The highest BCUT2D eigenvalue weighted by Crippen LogP contribution is 2.21. The highest BCUT2D eigenvalue weighted by atomic mass is 19.4. The summed E-state index contributed by atoms with van der Waals surface area (Å²) in [6.45, 7) is 1.70. The van der Waals surface area contributed by atoms with Gasteiger partial charge in [-0.25, -0.2) is 0 Å². The van der Waals surface area contributed by atoms with E-state index in [1.165, 1.54) is 0 Å². The van der Waals surface area contributed by atoms with E-state index < -0.39 is 31.0 Å². The van der Waals surface area contributed by atoms with Crippen LogP contribution >= 0.6 is 0 Å². The fourth-order valence-corrected chi connectivity index (χ4v) is 0.677. The van der Waals surface area contributed by atoms with Crippen molar-refractivity contribution in [2.75, 3.05) is 0 Å². The SMILES string of the molecule is CCCC(=O)OC(=O)CCC(F)(F)F. The Bertz CT molecular complexity index is 210. The number of carbonyl (C=O) groups is 2. The van der Waals surface area contributed by atoms with Gasteiger partial charge < -0.3 is 4.74 Å². The fourth-order valence-electron chi connectivity index (χ4n) is 0.677. The van der Waals surface area contributed by atoms with Crippen LogP contribution in [0.5, 0.6) is 0 Å². The van der Waals surface area contributed by atoms with Gasteiger partial charge in [0.05, 0.1) is 12.8 Å². The molecule has 0 aliphatic heterocycles. The molecule has 0 aliphatic carbocycles. The van der Waals surface area contributed by atoms with Gasteiger partial charge in [0.1, 0.15) is 0 Å². The summed E-state index contributed by atoms with van der Waals surface area (Å²) >= 11 is 0. The predicted molar refractivity (Wildman–Crippen MR) is 41.3 cm³/mol. The molecule has 3 nitrogen and oxygen atoms in total.